The van der Waals surface area contributed by atoms with Gasteiger partial charge in [-0.2, -0.15) is 5.26 Å². The van der Waals surface area contributed by atoms with E-state index >= 15 is 0 Å². The number of rotatable bonds is 5. The quantitative estimate of drug-likeness (QED) is 0.766. The number of hydrogen-bond acceptors (Lipinski definition) is 5. The van der Waals surface area contributed by atoms with Crippen LogP contribution in [0, 0.1) is 11.3 Å². The molecule has 0 aliphatic carbocycles. The molecule has 0 radical (unpaired) electrons. The summed E-state index contributed by atoms with van der Waals surface area (Å²) < 4.78 is 5.18. The molecule has 0 aliphatic heterocycles. The molecule has 0 saturated carbocycles. The number of nitrogens with one attached hydrogen (secondary N) is 1. The van der Waals surface area contributed by atoms with Gasteiger partial charge >= 0.3 is 0 Å². The third kappa shape index (κ3) is 2.14. The molecule has 1 heterocycles. The van der Waals surface area contributed by atoms with Gasteiger partial charge in [-0.3, -0.25) is 9.59 Å². The van der Waals surface area contributed by atoms with E-state index in [4.69, 9.17) is 10.00 Å². The minimum Gasteiger partial charge on any atom is -0.491 e. The smallest absolute Gasteiger partial charge is 0.212 e. The number of nitriles is 1. The molecule has 0 bridgehead atoms. The molecule has 1 amide bonds. The zero-order valence-electron chi connectivity index (χ0n) is 7.94. The van der Waals surface area contributed by atoms with Crippen LogP contribution in [0.15, 0.2) is 0 Å². The Balaban J connectivity index is 3.26. The van der Waals surface area contributed by atoms with Gasteiger partial charge in [0.2, 0.25) is 6.41 Å². The van der Waals surface area contributed by atoms with Gasteiger partial charge in [-0.1, -0.05) is 0 Å². The Kier molecular flexibility index (Phi) is 3.83. The van der Waals surface area contributed by atoms with E-state index in [9.17, 15) is 9.59 Å². The molecular weight excluding hydrogens is 216 g/mol. The molecule has 0 fully saturated rings. The standard InChI is InChI=1S/C9H8N2O3S/c1-2-14-8-6(3-10)9(11-5-13)15-7(8)4-12/h4-5H,2H2,1H3,(H,11,13). The summed E-state index contributed by atoms with van der Waals surface area (Å²) in [6, 6.07) is 1.89. The highest BCUT2D eigenvalue weighted by Crippen LogP contribution is 2.37. The highest BCUT2D eigenvalue weighted by molar-refractivity contribution is 7.18. The number of anilines is 1. The van der Waals surface area contributed by atoms with Crippen LogP contribution in [0.3, 0.4) is 0 Å². The van der Waals surface area contributed by atoms with Crippen molar-refractivity contribution < 1.29 is 14.3 Å². The second-order valence-electron chi connectivity index (χ2n) is 2.42. The lowest BCUT2D eigenvalue weighted by Crippen LogP contribution is -1.96. The first-order chi connectivity index (χ1) is 7.28. The predicted molar refractivity (Wildman–Crippen MR) is 55.3 cm³/mol. The van der Waals surface area contributed by atoms with E-state index in [2.05, 4.69) is 5.32 Å². The molecule has 0 aromatic carbocycles. The van der Waals surface area contributed by atoms with Crippen molar-refractivity contribution in [1.82, 2.24) is 0 Å². The maximum atomic E-state index is 10.7. The fraction of sp³-hybridized carbons (Fsp3) is 0.222. The summed E-state index contributed by atoms with van der Waals surface area (Å²) in [5.41, 5.74) is 0.191. The molecular formula is C9H8N2O3S. The zero-order valence-corrected chi connectivity index (χ0v) is 8.76. The summed E-state index contributed by atoms with van der Waals surface area (Å²) in [5, 5.41) is 11.6. The van der Waals surface area contributed by atoms with Crippen LogP contribution in [0.4, 0.5) is 5.00 Å². The largest absolute Gasteiger partial charge is 0.491 e. The molecule has 0 atom stereocenters. The summed E-state index contributed by atoms with van der Waals surface area (Å²) in [6.07, 6.45) is 1.06. The number of thiophene rings is 1. The third-order valence-electron chi connectivity index (χ3n) is 1.59. The van der Waals surface area contributed by atoms with Crippen molar-refractivity contribution >= 4 is 29.0 Å². The van der Waals surface area contributed by atoms with Gasteiger partial charge in [-0.15, -0.1) is 11.3 Å². The maximum absolute atomic E-state index is 10.7. The van der Waals surface area contributed by atoms with Crippen molar-refractivity contribution in [2.24, 2.45) is 0 Å². The average molecular weight is 224 g/mol. The van der Waals surface area contributed by atoms with Gasteiger partial charge in [0.05, 0.1) is 6.61 Å². The molecule has 1 aromatic heterocycles. The number of nitrogens with zero attached hydrogens (tertiary/aromatic N) is 1. The van der Waals surface area contributed by atoms with Gasteiger partial charge in [0.25, 0.3) is 0 Å². The summed E-state index contributed by atoms with van der Waals surface area (Å²) in [5.74, 6) is 0.240. The van der Waals surface area contributed by atoms with Gasteiger partial charge < -0.3 is 10.1 Å². The molecule has 15 heavy (non-hydrogen) atoms. The number of aldehydes is 1. The normalized spacial score (nSPS) is 9.07. The second-order valence-corrected chi connectivity index (χ2v) is 3.48. The second kappa shape index (κ2) is 5.12. The number of carbonyl (C=O) groups excluding carboxylic acids is 2. The molecule has 1 aromatic rings. The van der Waals surface area contributed by atoms with E-state index in [-0.39, 0.29) is 11.3 Å². The highest BCUT2D eigenvalue weighted by Gasteiger charge is 2.18. The average Bonchev–Trinajstić information content (AvgIpc) is 2.57. The Morgan fingerprint density at radius 2 is 2.33 bits per heavy atom. The first-order valence-corrected chi connectivity index (χ1v) is 4.95. The lowest BCUT2D eigenvalue weighted by Gasteiger charge is -2.00. The minimum atomic E-state index is 0.191. The van der Waals surface area contributed by atoms with E-state index in [0.29, 0.717) is 29.2 Å². The van der Waals surface area contributed by atoms with Gasteiger partial charge in [0, 0.05) is 0 Å². The van der Waals surface area contributed by atoms with Crippen LogP contribution >= 0.6 is 11.3 Å². The summed E-state index contributed by atoms with van der Waals surface area (Å²) in [6.45, 7) is 2.10. The Morgan fingerprint density at radius 3 is 2.80 bits per heavy atom. The van der Waals surface area contributed by atoms with Crippen LogP contribution < -0.4 is 10.1 Å². The Bertz CT molecular complexity index is 420. The van der Waals surface area contributed by atoms with Crippen LogP contribution in [0.1, 0.15) is 22.2 Å². The number of ether oxygens (including phenoxy) is 1. The summed E-state index contributed by atoms with van der Waals surface area (Å²) in [4.78, 5) is 21.3. The minimum absolute atomic E-state index is 0.191. The van der Waals surface area contributed by atoms with Crippen molar-refractivity contribution in [2.45, 2.75) is 6.92 Å². The van der Waals surface area contributed by atoms with Crippen LogP contribution in [-0.4, -0.2) is 19.3 Å². The molecule has 1 rings (SSSR count). The topological polar surface area (TPSA) is 79.2 Å². The van der Waals surface area contributed by atoms with Crippen LogP contribution in [0.2, 0.25) is 0 Å². The van der Waals surface area contributed by atoms with E-state index in [0.717, 1.165) is 11.3 Å². The first-order valence-electron chi connectivity index (χ1n) is 4.13. The maximum Gasteiger partial charge on any atom is 0.212 e. The Morgan fingerprint density at radius 1 is 1.60 bits per heavy atom. The molecule has 0 spiro atoms. The summed E-state index contributed by atoms with van der Waals surface area (Å²) in [7, 11) is 0. The fourth-order valence-corrected chi connectivity index (χ4v) is 1.92. The Labute approximate surface area is 90.3 Å². The van der Waals surface area contributed by atoms with Crippen molar-refractivity contribution in [3.8, 4) is 11.8 Å². The van der Waals surface area contributed by atoms with Crippen molar-refractivity contribution in [3.05, 3.63) is 10.4 Å². The van der Waals surface area contributed by atoms with E-state index in [1.54, 1.807) is 6.92 Å². The van der Waals surface area contributed by atoms with E-state index in [1.807, 2.05) is 6.07 Å². The molecule has 6 heteroatoms. The number of carbonyl (C=O) groups is 2. The monoisotopic (exact) mass is 224 g/mol. The number of amides is 1. The molecule has 0 saturated heterocycles. The molecule has 1 N–H and O–H groups in total. The van der Waals surface area contributed by atoms with Gasteiger partial charge in [0.15, 0.2) is 12.0 Å². The fourth-order valence-electron chi connectivity index (χ4n) is 1.06. The van der Waals surface area contributed by atoms with Crippen molar-refractivity contribution in [2.75, 3.05) is 11.9 Å². The predicted octanol–water partition coefficient (Wildman–Crippen LogP) is 1.40. The lowest BCUT2D eigenvalue weighted by molar-refractivity contribution is -0.105. The SMILES string of the molecule is CCOc1c(C=O)sc(NC=O)c1C#N. The molecule has 0 unspecified atom stereocenters. The molecule has 78 valence electrons. The highest BCUT2D eigenvalue weighted by atomic mass is 32.1. The third-order valence-corrected chi connectivity index (χ3v) is 2.62. The summed E-state index contributed by atoms with van der Waals surface area (Å²) >= 11 is 1.02. The van der Waals surface area contributed by atoms with Crippen LogP contribution in [0.25, 0.3) is 0 Å². The first kappa shape index (κ1) is 11.2. The van der Waals surface area contributed by atoms with Gasteiger partial charge in [-0.05, 0) is 6.92 Å². The molecule has 0 aliphatic rings. The van der Waals surface area contributed by atoms with E-state index < -0.39 is 0 Å². The lowest BCUT2D eigenvalue weighted by atomic mass is 10.3. The van der Waals surface area contributed by atoms with Crippen LogP contribution in [0.5, 0.6) is 5.75 Å². The van der Waals surface area contributed by atoms with Crippen molar-refractivity contribution in [1.29, 1.82) is 5.26 Å². The van der Waals surface area contributed by atoms with Crippen LogP contribution in [-0.2, 0) is 4.79 Å². The van der Waals surface area contributed by atoms with E-state index in [1.165, 1.54) is 0 Å². The number of hydrogen-bond donors (Lipinski definition) is 1. The Hall–Kier alpha value is -1.87. The molecule has 5 nitrogen and oxygen atoms in total. The van der Waals surface area contributed by atoms with Gasteiger partial charge in [0.1, 0.15) is 21.5 Å². The zero-order chi connectivity index (χ0) is 11.3. The van der Waals surface area contributed by atoms with Gasteiger partial charge in [-0.25, -0.2) is 0 Å². The van der Waals surface area contributed by atoms with Crippen molar-refractivity contribution in [3.63, 3.8) is 0 Å².